The van der Waals surface area contributed by atoms with E-state index in [0.717, 1.165) is 44.9 Å². The van der Waals surface area contributed by atoms with E-state index >= 15 is 0 Å². The molecule has 6 heteroatoms. The Hall–Kier alpha value is -2.68. The van der Waals surface area contributed by atoms with Crippen molar-refractivity contribution >= 4 is 23.4 Å². The summed E-state index contributed by atoms with van der Waals surface area (Å²) in [6.07, 6.45) is 11.9. The van der Waals surface area contributed by atoms with Crippen LogP contribution in [0.5, 0.6) is 0 Å². The van der Waals surface area contributed by atoms with Crippen molar-refractivity contribution in [3.8, 4) is 6.07 Å². The quantitative estimate of drug-likeness (QED) is 0.618. The van der Waals surface area contributed by atoms with Gasteiger partial charge in [0.2, 0.25) is 11.8 Å². The van der Waals surface area contributed by atoms with Crippen molar-refractivity contribution in [3.63, 3.8) is 0 Å². The van der Waals surface area contributed by atoms with Crippen LogP contribution in [0.25, 0.3) is 0 Å². The van der Waals surface area contributed by atoms with E-state index < -0.39 is 6.04 Å². The molecule has 0 N–H and O–H groups in total. The molecule has 6 aliphatic rings. The van der Waals surface area contributed by atoms with Crippen LogP contribution in [-0.2, 0) is 14.4 Å². The van der Waals surface area contributed by atoms with Crippen LogP contribution >= 0.6 is 0 Å². The molecule has 5 saturated carbocycles. The Bertz CT molecular complexity index is 1010. The molecule has 34 heavy (non-hydrogen) atoms. The van der Waals surface area contributed by atoms with Gasteiger partial charge >= 0.3 is 0 Å². The lowest BCUT2D eigenvalue weighted by atomic mass is 9.49. The predicted octanol–water partition coefficient (Wildman–Crippen LogP) is 4.57. The Labute approximate surface area is 201 Å². The molecule has 1 aromatic rings. The summed E-state index contributed by atoms with van der Waals surface area (Å²) < 4.78 is 0. The van der Waals surface area contributed by atoms with Gasteiger partial charge < -0.3 is 4.90 Å². The average Bonchev–Trinajstić information content (AvgIpc) is 3.12. The van der Waals surface area contributed by atoms with Gasteiger partial charge in [-0.15, -0.1) is 0 Å². The molecule has 6 fully saturated rings. The topological polar surface area (TPSA) is 81.5 Å². The Morgan fingerprint density at radius 3 is 2.09 bits per heavy atom. The van der Waals surface area contributed by atoms with Crippen molar-refractivity contribution in [1.82, 2.24) is 4.90 Å². The van der Waals surface area contributed by atoms with Crippen LogP contribution in [0.1, 0.15) is 82.6 Å². The van der Waals surface area contributed by atoms with Gasteiger partial charge in [-0.2, -0.15) is 5.26 Å². The number of anilines is 1. The molecule has 0 aromatic heterocycles. The molecular weight excluding hydrogens is 426 g/mol. The second kappa shape index (κ2) is 8.22. The Morgan fingerprint density at radius 2 is 1.53 bits per heavy atom. The van der Waals surface area contributed by atoms with E-state index in [-0.39, 0.29) is 35.6 Å². The van der Waals surface area contributed by atoms with Gasteiger partial charge in [0.15, 0.2) is 0 Å². The summed E-state index contributed by atoms with van der Waals surface area (Å²) >= 11 is 0. The number of amides is 3. The minimum atomic E-state index is -0.702. The van der Waals surface area contributed by atoms with Crippen LogP contribution in [-0.4, -0.2) is 34.7 Å². The number of carbonyl (C=O) groups excluding carboxylic acids is 3. The maximum absolute atomic E-state index is 14.5. The van der Waals surface area contributed by atoms with Gasteiger partial charge in [0, 0.05) is 6.04 Å². The van der Waals surface area contributed by atoms with Crippen molar-refractivity contribution in [2.45, 2.75) is 89.1 Å². The number of imide groups is 1. The third-order valence-corrected chi connectivity index (χ3v) is 9.41. The van der Waals surface area contributed by atoms with Crippen LogP contribution < -0.4 is 4.90 Å². The number of benzene rings is 1. The highest BCUT2D eigenvalue weighted by molar-refractivity contribution is 6.23. The zero-order chi connectivity index (χ0) is 23.4. The number of hydrogen-bond donors (Lipinski definition) is 0. The molecule has 0 radical (unpaired) electrons. The highest BCUT2D eigenvalue weighted by atomic mass is 16.2. The summed E-state index contributed by atoms with van der Waals surface area (Å²) in [5.74, 6) is 1.60. The van der Waals surface area contributed by atoms with Gasteiger partial charge in [-0.05, 0) is 93.4 Å². The third-order valence-electron chi connectivity index (χ3n) is 9.41. The van der Waals surface area contributed by atoms with Crippen molar-refractivity contribution < 1.29 is 14.4 Å². The molecule has 1 atom stereocenters. The summed E-state index contributed by atoms with van der Waals surface area (Å²) in [7, 11) is 0. The molecule has 4 bridgehead atoms. The molecule has 1 aliphatic heterocycles. The molecule has 178 valence electrons. The van der Waals surface area contributed by atoms with E-state index in [9.17, 15) is 14.4 Å². The van der Waals surface area contributed by atoms with Gasteiger partial charge in [0.1, 0.15) is 6.04 Å². The van der Waals surface area contributed by atoms with Crippen LogP contribution in [0.2, 0.25) is 0 Å². The highest BCUT2D eigenvalue weighted by Crippen LogP contribution is 2.61. The molecule has 1 saturated heterocycles. The molecular formula is C28H33N3O3. The molecule has 1 unspecified atom stereocenters. The first-order valence-corrected chi connectivity index (χ1v) is 13.2. The van der Waals surface area contributed by atoms with E-state index in [1.165, 1.54) is 30.6 Å². The zero-order valence-corrected chi connectivity index (χ0v) is 19.7. The smallest absolute Gasteiger partial charge is 0.257 e. The number of carbonyl (C=O) groups is 3. The van der Waals surface area contributed by atoms with Crippen LogP contribution in [0.4, 0.5) is 5.69 Å². The Balaban J connectivity index is 1.33. The normalized spacial score (nSPS) is 35.0. The summed E-state index contributed by atoms with van der Waals surface area (Å²) in [5.41, 5.74) is 0.653. The predicted molar refractivity (Wildman–Crippen MR) is 126 cm³/mol. The second-order valence-corrected chi connectivity index (χ2v) is 11.6. The summed E-state index contributed by atoms with van der Waals surface area (Å²) in [5, 5.41) is 9.09. The fourth-order valence-corrected chi connectivity index (χ4v) is 8.36. The van der Waals surface area contributed by atoms with Gasteiger partial charge in [-0.25, -0.2) is 4.90 Å². The van der Waals surface area contributed by atoms with Crippen LogP contribution in [0, 0.1) is 34.5 Å². The Morgan fingerprint density at radius 1 is 0.941 bits per heavy atom. The van der Waals surface area contributed by atoms with Crippen LogP contribution in [0.15, 0.2) is 24.3 Å². The van der Waals surface area contributed by atoms with Gasteiger partial charge in [0.05, 0.1) is 29.2 Å². The van der Waals surface area contributed by atoms with Crippen LogP contribution in [0.3, 0.4) is 0 Å². The number of rotatable bonds is 4. The second-order valence-electron chi connectivity index (χ2n) is 11.6. The monoisotopic (exact) mass is 459 g/mol. The molecule has 5 aliphatic carbocycles. The summed E-state index contributed by atoms with van der Waals surface area (Å²) in [6.45, 7) is 0. The van der Waals surface area contributed by atoms with Gasteiger partial charge in [-0.3, -0.25) is 14.4 Å². The average molecular weight is 460 g/mol. The minimum absolute atomic E-state index is 0.0527. The standard InChI is InChI=1S/C28H33N3O3/c29-17-18-6-8-23(9-7-18)31-25(32)13-24(26(31)33)30(22-4-2-1-3-5-22)27(34)28-14-19-10-20(15-28)12-21(11-19)16-28/h6-9,19-22,24H,1-5,10-16H2. The first-order chi connectivity index (χ1) is 16.5. The first kappa shape index (κ1) is 21.8. The molecule has 1 aromatic carbocycles. The summed E-state index contributed by atoms with van der Waals surface area (Å²) in [4.78, 5) is 44.5. The van der Waals surface area contributed by atoms with Crippen molar-refractivity contribution in [2.24, 2.45) is 23.2 Å². The maximum Gasteiger partial charge on any atom is 0.257 e. The summed E-state index contributed by atoms with van der Waals surface area (Å²) in [6, 6.07) is 7.99. The number of nitrogens with zero attached hydrogens (tertiary/aromatic N) is 3. The zero-order valence-electron chi connectivity index (χ0n) is 19.7. The van der Waals surface area contributed by atoms with E-state index in [1.807, 2.05) is 4.90 Å². The molecule has 1 heterocycles. The lowest BCUT2D eigenvalue weighted by Gasteiger charge is -2.57. The molecule has 6 nitrogen and oxygen atoms in total. The third kappa shape index (κ3) is 3.47. The number of hydrogen-bond acceptors (Lipinski definition) is 4. The largest absolute Gasteiger partial charge is 0.327 e. The van der Waals surface area contributed by atoms with Crippen molar-refractivity contribution in [3.05, 3.63) is 29.8 Å². The molecule has 7 rings (SSSR count). The first-order valence-electron chi connectivity index (χ1n) is 13.2. The minimum Gasteiger partial charge on any atom is -0.327 e. The number of nitriles is 1. The van der Waals surface area contributed by atoms with E-state index in [4.69, 9.17) is 5.26 Å². The maximum atomic E-state index is 14.5. The highest BCUT2D eigenvalue weighted by Gasteiger charge is 2.58. The Kier molecular flexibility index (Phi) is 5.28. The van der Waals surface area contributed by atoms with E-state index in [2.05, 4.69) is 6.07 Å². The molecule has 3 amide bonds. The fourth-order valence-electron chi connectivity index (χ4n) is 8.36. The van der Waals surface area contributed by atoms with Gasteiger partial charge in [-0.1, -0.05) is 19.3 Å². The SMILES string of the molecule is N#Cc1ccc(N2C(=O)CC(N(C(=O)C34CC5CC(CC(C5)C3)C4)C3CCCCC3)C2=O)cc1. The van der Waals surface area contributed by atoms with Crippen molar-refractivity contribution in [2.75, 3.05) is 4.90 Å². The lowest BCUT2D eigenvalue weighted by molar-refractivity contribution is -0.165. The van der Waals surface area contributed by atoms with Crippen molar-refractivity contribution in [1.29, 1.82) is 5.26 Å². The van der Waals surface area contributed by atoms with Gasteiger partial charge in [0.25, 0.3) is 5.91 Å². The van der Waals surface area contributed by atoms with E-state index in [1.54, 1.807) is 24.3 Å². The fraction of sp³-hybridized carbons (Fsp3) is 0.643. The van der Waals surface area contributed by atoms with E-state index in [0.29, 0.717) is 29.0 Å². The lowest BCUT2D eigenvalue weighted by Crippen LogP contribution is -2.60. The molecule has 0 spiro atoms.